The first kappa shape index (κ1) is 19.1. The summed E-state index contributed by atoms with van der Waals surface area (Å²) in [5, 5.41) is 10.8. The van der Waals surface area contributed by atoms with Gasteiger partial charge in [-0.3, -0.25) is 15.0 Å². The number of nitro benzene ring substituents is 1. The van der Waals surface area contributed by atoms with E-state index in [0.717, 1.165) is 31.6 Å². The standard InChI is InChI=1S/C20H27N3O2/c1-15-11-16(2)20(17(3)12-15)14-22(10-4-9-21)13-18-5-7-19(8-6-18)23(24)25/h5-8,11-12H,4,9-10,13-14,21H2,1-3H3. The highest BCUT2D eigenvalue weighted by Gasteiger charge is 2.12. The molecule has 2 N–H and O–H groups in total. The molecule has 0 aromatic heterocycles. The zero-order valence-corrected chi connectivity index (χ0v) is 15.3. The molecule has 0 aliphatic carbocycles. The van der Waals surface area contributed by atoms with Crippen LogP contribution in [-0.2, 0) is 13.1 Å². The Morgan fingerprint density at radius 3 is 2.16 bits per heavy atom. The highest BCUT2D eigenvalue weighted by Crippen LogP contribution is 2.20. The normalized spacial score (nSPS) is 11.1. The quantitative estimate of drug-likeness (QED) is 0.584. The number of nitrogens with zero attached hydrogens (tertiary/aromatic N) is 2. The van der Waals surface area contributed by atoms with Crippen molar-refractivity contribution in [3.8, 4) is 0 Å². The maximum Gasteiger partial charge on any atom is 0.269 e. The number of benzene rings is 2. The average molecular weight is 341 g/mol. The van der Waals surface area contributed by atoms with Gasteiger partial charge in [-0.2, -0.15) is 0 Å². The zero-order valence-electron chi connectivity index (χ0n) is 15.3. The second kappa shape index (κ2) is 8.74. The summed E-state index contributed by atoms with van der Waals surface area (Å²) in [6.45, 7) is 9.60. The van der Waals surface area contributed by atoms with Crippen molar-refractivity contribution in [3.05, 3.63) is 74.3 Å². The monoisotopic (exact) mass is 341 g/mol. The second-order valence-electron chi connectivity index (χ2n) is 6.65. The van der Waals surface area contributed by atoms with Gasteiger partial charge in [0.2, 0.25) is 0 Å². The Bertz CT molecular complexity index is 703. The van der Waals surface area contributed by atoms with E-state index in [-0.39, 0.29) is 10.6 Å². The minimum atomic E-state index is -0.366. The van der Waals surface area contributed by atoms with E-state index >= 15 is 0 Å². The minimum Gasteiger partial charge on any atom is -0.330 e. The molecule has 5 heteroatoms. The second-order valence-corrected chi connectivity index (χ2v) is 6.65. The third kappa shape index (κ3) is 5.37. The van der Waals surface area contributed by atoms with Gasteiger partial charge in [-0.05, 0) is 56.0 Å². The van der Waals surface area contributed by atoms with E-state index < -0.39 is 0 Å². The van der Waals surface area contributed by atoms with E-state index in [0.29, 0.717) is 6.54 Å². The van der Waals surface area contributed by atoms with Crippen LogP contribution >= 0.6 is 0 Å². The number of hydrogen-bond donors (Lipinski definition) is 1. The Morgan fingerprint density at radius 1 is 1.04 bits per heavy atom. The van der Waals surface area contributed by atoms with Gasteiger partial charge in [0.05, 0.1) is 4.92 Å². The molecule has 0 aliphatic rings. The van der Waals surface area contributed by atoms with Crippen molar-refractivity contribution in [2.24, 2.45) is 5.73 Å². The summed E-state index contributed by atoms with van der Waals surface area (Å²) in [6, 6.07) is 11.2. The molecular formula is C20H27N3O2. The van der Waals surface area contributed by atoms with Crippen LogP contribution in [0.3, 0.4) is 0 Å². The van der Waals surface area contributed by atoms with Crippen LogP contribution in [0.4, 0.5) is 5.69 Å². The lowest BCUT2D eigenvalue weighted by Crippen LogP contribution is -2.26. The number of aryl methyl sites for hydroxylation is 3. The first-order valence-corrected chi connectivity index (χ1v) is 8.63. The summed E-state index contributed by atoms with van der Waals surface area (Å²) in [6.07, 6.45) is 0.928. The molecule has 0 unspecified atom stereocenters. The molecule has 5 nitrogen and oxygen atoms in total. The number of rotatable bonds is 8. The van der Waals surface area contributed by atoms with E-state index in [1.165, 1.54) is 22.3 Å². The van der Waals surface area contributed by atoms with Gasteiger partial charge < -0.3 is 5.73 Å². The van der Waals surface area contributed by atoms with Crippen molar-refractivity contribution in [1.29, 1.82) is 0 Å². The van der Waals surface area contributed by atoms with Gasteiger partial charge in [0.25, 0.3) is 5.69 Å². The topological polar surface area (TPSA) is 72.4 Å². The fourth-order valence-electron chi connectivity index (χ4n) is 3.19. The fourth-order valence-corrected chi connectivity index (χ4v) is 3.19. The Morgan fingerprint density at radius 2 is 1.64 bits per heavy atom. The van der Waals surface area contributed by atoms with Crippen molar-refractivity contribution in [2.75, 3.05) is 13.1 Å². The number of non-ortho nitro benzene ring substituents is 1. The third-order valence-corrected chi connectivity index (χ3v) is 4.45. The third-order valence-electron chi connectivity index (χ3n) is 4.45. The van der Waals surface area contributed by atoms with Gasteiger partial charge in [-0.25, -0.2) is 0 Å². The Labute approximate surface area is 149 Å². The molecule has 25 heavy (non-hydrogen) atoms. The lowest BCUT2D eigenvalue weighted by atomic mass is 9.99. The first-order chi connectivity index (χ1) is 11.9. The van der Waals surface area contributed by atoms with Crippen LogP contribution in [0.2, 0.25) is 0 Å². The Kier molecular flexibility index (Phi) is 6.67. The predicted molar refractivity (Wildman–Crippen MR) is 102 cm³/mol. The summed E-state index contributed by atoms with van der Waals surface area (Å²) in [4.78, 5) is 12.8. The van der Waals surface area contributed by atoms with Gasteiger partial charge in [0.15, 0.2) is 0 Å². The van der Waals surface area contributed by atoms with Crippen LogP contribution in [0, 0.1) is 30.9 Å². The number of nitrogens with two attached hydrogens (primary N) is 1. The van der Waals surface area contributed by atoms with Crippen molar-refractivity contribution in [3.63, 3.8) is 0 Å². The molecule has 2 rings (SSSR count). The summed E-state index contributed by atoms with van der Waals surface area (Å²) in [7, 11) is 0. The number of hydrogen-bond acceptors (Lipinski definition) is 4. The van der Waals surface area contributed by atoms with Crippen LogP contribution in [0.15, 0.2) is 36.4 Å². The molecule has 0 radical (unpaired) electrons. The van der Waals surface area contributed by atoms with Gasteiger partial charge >= 0.3 is 0 Å². The fraction of sp³-hybridized carbons (Fsp3) is 0.400. The van der Waals surface area contributed by atoms with Crippen molar-refractivity contribution < 1.29 is 4.92 Å². The van der Waals surface area contributed by atoms with E-state index in [9.17, 15) is 10.1 Å². The first-order valence-electron chi connectivity index (χ1n) is 8.63. The van der Waals surface area contributed by atoms with Gasteiger partial charge in [-0.15, -0.1) is 0 Å². The van der Waals surface area contributed by atoms with Crippen LogP contribution in [-0.4, -0.2) is 22.9 Å². The summed E-state index contributed by atoms with van der Waals surface area (Å²) in [5.74, 6) is 0. The summed E-state index contributed by atoms with van der Waals surface area (Å²) >= 11 is 0. The van der Waals surface area contributed by atoms with Crippen LogP contribution < -0.4 is 5.73 Å². The van der Waals surface area contributed by atoms with Crippen molar-refractivity contribution >= 4 is 5.69 Å². The molecule has 2 aromatic rings. The molecule has 0 atom stereocenters. The van der Waals surface area contributed by atoms with Crippen molar-refractivity contribution in [2.45, 2.75) is 40.3 Å². The molecule has 2 aromatic carbocycles. The Hall–Kier alpha value is -2.24. The molecule has 0 amide bonds. The molecular weight excluding hydrogens is 314 g/mol. The highest BCUT2D eigenvalue weighted by atomic mass is 16.6. The van der Waals surface area contributed by atoms with Crippen LogP contribution in [0.5, 0.6) is 0 Å². The maximum absolute atomic E-state index is 10.8. The van der Waals surface area contributed by atoms with E-state index in [2.05, 4.69) is 37.8 Å². The lowest BCUT2D eigenvalue weighted by Gasteiger charge is -2.24. The largest absolute Gasteiger partial charge is 0.330 e. The van der Waals surface area contributed by atoms with E-state index in [1.54, 1.807) is 12.1 Å². The molecule has 0 saturated heterocycles. The SMILES string of the molecule is Cc1cc(C)c(CN(CCCN)Cc2ccc([N+](=O)[O-])cc2)c(C)c1. The molecule has 0 spiro atoms. The molecule has 0 heterocycles. The van der Waals surface area contributed by atoms with Crippen molar-refractivity contribution in [1.82, 2.24) is 4.90 Å². The lowest BCUT2D eigenvalue weighted by molar-refractivity contribution is -0.384. The maximum atomic E-state index is 10.8. The Balaban J connectivity index is 2.17. The molecule has 134 valence electrons. The van der Waals surface area contributed by atoms with Gasteiger partial charge in [0.1, 0.15) is 0 Å². The predicted octanol–water partition coefficient (Wildman–Crippen LogP) is 3.87. The highest BCUT2D eigenvalue weighted by molar-refractivity contribution is 5.37. The molecule has 0 saturated carbocycles. The van der Waals surface area contributed by atoms with Crippen LogP contribution in [0.1, 0.15) is 34.2 Å². The zero-order chi connectivity index (χ0) is 18.4. The smallest absolute Gasteiger partial charge is 0.269 e. The molecule has 0 bridgehead atoms. The average Bonchev–Trinajstić information content (AvgIpc) is 2.56. The van der Waals surface area contributed by atoms with E-state index in [1.807, 2.05) is 12.1 Å². The summed E-state index contributed by atoms with van der Waals surface area (Å²) in [5.41, 5.74) is 12.1. The molecule has 0 fully saturated rings. The minimum absolute atomic E-state index is 0.127. The van der Waals surface area contributed by atoms with Gasteiger partial charge in [0, 0.05) is 31.8 Å². The number of nitro groups is 1. The van der Waals surface area contributed by atoms with E-state index in [4.69, 9.17) is 5.73 Å². The van der Waals surface area contributed by atoms with Gasteiger partial charge in [-0.1, -0.05) is 29.8 Å². The van der Waals surface area contributed by atoms with Crippen LogP contribution in [0.25, 0.3) is 0 Å². The summed E-state index contributed by atoms with van der Waals surface area (Å²) < 4.78 is 0. The molecule has 0 aliphatic heterocycles.